The summed E-state index contributed by atoms with van der Waals surface area (Å²) in [4.78, 5) is 8.56. The van der Waals surface area contributed by atoms with E-state index in [9.17, 15) is 0 Å². The molecule has 0 spiro atoms. The summed E-state index contributed by atoms with van der Waals surface area (Å²) in [6, 6.07) is 11.5. The van der Waals surface area contributed by atoms with Gasteiger partial charge in [0.15, 0.2) is 16.9 Å². The Labute approximate surface area is 131 Å². The van der Waals surface area contributed by atoms with Gasteiger partial charge in [0.1, 0.15) is 17.8 Å². The first kappa shape index (κ1) is 13.4. The third-order valence-corrected chi connectivity index (χ3v) is 3.52. The van der Waals surface area contributed by atoms with Crippen LogP contribution in [-0.4, -0.2) is 32.1 Å². The lowest BCUT2D eigenvalue weighted by atomic mass is 10.2. The quantitative estimate of drug-likeness (QED) is 0.576. The van der Waals surface area contributed by atoms with Crippen LogP contribution in [0.5, 0.6) is 5.75 Å². The van der Waals surface area contributed by atoms with E-state index >= 15 is 0 Å². The van der Waals surface area contributed by atoms with Crippen LogP contribution < -0.4 is 4.74 Å². The maximum absolute atomic E-state index is 5.40. The number of fused-ring (bicyclic) bond motifs is 1. The van der Waals surface area contributed by atoms with Crippen molar-refractivity contribution in [2.75, 3.05) is 7.11 Å². The molecular weight excluding hydrogens is 294 g/mol. The van der Waals surface area contributed by atoms with E-state index in [0.717, 1.165) is 11.3 Å². The predicted molar refractivity (Wildman–Crippen MR) is 82.9 cm³/mol. The number of hydrogen-bond donors (Lipinski definition) is 0. The second-order valence-electron chi connectivity index (χ2n) is 4.97. The summed E-state index contributed by atoms with van der Waals surface area (Å²) < 4.78 is 12.4. The molecule has 0 atom stereocenters. The summed E-state index contributed by atoms with van der Waals surface area (Å²) in [5.74, 6) is 1.45. The molecule has 7 heteroatoms. The zero-order chi connectivity index (χ0) is 15.6. The minimum absolute atomic E-state index is 0.544. The summed E-state index contributed by atoms with van der Waals surface area (Å²) in [6.45, 7) is 0.544. The van der Waals surface area contributed by atoms with Crippen LogP contribution >= 0.6 is 0 Å². The van der Waals surface area contributed by atoms with Crippen molar-refractivity contribution < 1.29 is 9.15 Å². The van der Waals surface area contributed by atoms with Crippen LogP contribution in [0.3, 0.4) is 0 Å². The number of aromatic nitrogens is 5. The lowest BCUT2D eigenvalue weighted by Crippen LogP contribution is -2.03. The van der Waals surface area contributed by atoms with Crippen molar-refractivity contribution in [1.29, 1.82) is 0 Å². The van der Waals surface area contributed by atoms with E-state index < -0.39 is 0 Å². The molecule has 4 rings (SSSR count). The topological polar surface area (TPSA) is 78.9 Å². The highest BCUT2D eigenvalue weighted by Crippen LogP contribution is 2.24. The Hall–Kier alpha value is -3.22. The van der Waals surface area contributed by atoms with Gasteiger partial charge in [0, 0.05) is 0 Å². The van der Waals surface area contributed by atoms with Gasteiger partial charge in [-0.2, -0.15) is 0 Å². The maximum Gasteiger partial charge on any atom is 0.182 e. The van der Waals surface area contributed by atoms with Gasteiger partial charge >= 0.3 is 0 Å². The summed E-state index contributed by atoms with van der Waals surface area (Å²) in [6.07, 6.45) is 3.09. The summed E-state index contributed by atoms with van der Waals surface area (Å²) in [5, 5.41) is 8.41. The highest BCUT2D eigenvalue weighted by atomic mass is 16.5. The average molecular weight is 307 g/mol. The second kappa shape index (κ2) is 5.53. The van der Waals surface area contributed by atoms with Gasteiger partial charge in [-0.15, -0.1) is 5.10 Å². The summed E-state index contributed by atoms with van der Waals surface area (Å²) in [5.41, 5.74) is 2.96. The largest absolute Gasteiger partial charge is 0.497 e. The Morgan fingerprint density at radius 2 is 2.13 bits per heavy atom. The molecule has 114 valence electrons. The van der Waals surface area contributed by atoms with E-state index in [4.69, 9.17) is 9.15 Å². The van der Waals surface area contributed by atoms with Crippen LogP contribution in [0.2, 0.25) is 0 Å². The van der Waals surface area contributed by atoms with E-state index in [1.54, 1.807) is 18.1 Å². The second-order valence-corrected chi connectivity index (χ2v) is 4.97. The lowest BCUT2D eigenvalue weighted by Gasteiger charge is -2.05. The van der Waals surface area contributed by atoms with Gasteiger partial charge in [-0.25, -0.2) is 14.6 Å². The number of methoxy groups -OCH3 is 1. The Kier molecular flexibility index (Phi) is 3.23. The zero-order valence-electron chi connectivity index (χ0n) is 12.4. The maximum atomic E-state index is 5.40. The van der Waals surface area contributed by atoms with Crippen LogP contribution in [0.4, 0.5) is 0 Å². The van der Waals surface area contributed by atoms with Gasteiger partial charge in [-0.1, -0.05) is 17.3 Å². The molecule has 0 radical (unpaired) electrons. The fourth-order valence-corrected chi connectivity index (χ4v) is 2.44. The van der Waals surface area contributed by atoms with Crippen molar-refractivity contribution in [3.05, 3.63) is 54.6 Å². The number of furan rings is 1. The Morgan fingerprint density at radius 3 is 2.96 bits per heavy atom. The molecule has 0 aliphatic rings. The Bertz CT molecular complexity index is 946. The normalized spacial score (nSPS) is 11.0. The molecule has 0 bridgehead atoms. The van der Waals surface area contributed by atoms with Gasteiger partial charge in [0.2, 0.25) is 0 Å². The number of ether oxygens (including phenoxy) is 1. The van der Waals surface area contributed by atoms with Crippen LogP contribution in [0.25, 0.3) is 22.6 Å². The van der Waals surface area contributed by atoms with Gasteiger partial charge in [-0.05, 0) is 29.8 Å². The van der Waals surface area contributed by atoms with Gasteiger partial charge < -0.3 is 9.15 Å². The molecule has 23 heavy (non-hydrogen) atoms. The van der Waals surface area contributed by atoms with Crippen molar-refractivity contribution in [3.8, 4) is 17.2 Å². The zero-order valence-corrected chi connectivity index (χ0v) is 12.4. The fraction of sp³-hybridized carbons (Fsp3) is 0.125. The first-order valence-electron chi connectivity index (χ1n) is 7.06. The van der Waals surface area contributed by atoms with E-state index in [-0.39, 0.29) is 0 Å². The molecule has 0 aliphatic heterocycles. The van der Waals surface area contributed by atoms with Crippen molar-refractivity contribution in [1.82, 2.24) is 25.0 Å². The van der Waals surface area contributed by atoms with E-state index in [0.29, 0.717) is 29.2 Å². The van der Waals surface area contributed by atoms with Crippen molar-refractivity contribution in [3.63, 3.8) is 0 Å². The third kappa shape index (κ3) is 2.42. The van der Waals surface area contributed by atoms with Gasteiger partial charge in [0.05, 0.1) is 19.9 Å². The molecule has 1 aromatic carbocycles. The summed E-state index contributed by atoms with van der Waals surface area (Å²) in [7, 11) is 1.65. The minimum atomic E-state index is 0.544. The van der Waals surface area contributed by atoms with Crippen molar-refractivity contribution >= 4 is 11.2 Å². The molecule has 0 amide bonds. The molecule has 4 aromatic rings. The Morgan fingerprint density at radius 1 is 1.17 bits per heavy atom. The van der Waals surface area contributed by atoms with Crippen LogP contribution in [0, 0.1) is 0 Å². The molecule has 0 fully saturated rings. The molecule has 0 unspecified atom stereocenters. The molecule has 0 saturated carbocycles. The van der Waals surface area contributed by atoms with E-state index in [1.807, 2.05) is 36.4 Å². The number of nitrogens with zero attached hydrogens (tertiary/aromatic N) is 5. The molecular formula is C16H13N5O2. The first-order valence-corrected chi connectivity index (χ1v) is 7.06. The highest BCUT2D eigenvalue weighted by Gasteiger charge is 2.15. The summed E-state index contributed by atoms with van der Waals surface area (Å²) >= 11 is 0. The fourth-order valence-electron chi connectivity index (χ4n) is 2.44. The number of rotatable bonds is 4. The van der Waals surface area contributed by atoms with Crippen LogP contribution in [0.15, 0.2) is 53.4 Å². The predicted octanol–water partition coefficient (Wildman–Crippen LogP) is 2.54. The first-order chi connectivity index (χ1) is 11.3. The minimum Gasteiger partial charge on any atom is -0.497 e. The molecule has 0 saturated heterocycles. The smallest absolute Gasteiger partial charge is 0.182 e. The number of hydrogen-bond acceptors (Lipinski definition) is 6. The standard InChI is InChI=1S/C16H13N5O2/c1-22-12-5-2-4-11(8-12)9-21-16-15(19-20-21)14(17-10-18-16)13-6-3-7-23-13/h2-8,10H,9H2,1H3. The molecule has 0 N–H and O–H groups in total. The van der Waals surface area contributed by atoms with Crippen molar-refractivity contribution in [2.45, 2.75) is 6.54 Å². The monoisotopic (exact) mass is 307 g/mol. The van der Waals surface area contributed by atoms with Gasteiger partial charge in [-0.3, -0.25) is 0 Å². The molecule has 0 aliphatic carbocycles. The highest BCUT2D eigenvalue weighted by molar-refractivity contribution is 5.84. The lowest BCUT2D eigenvalue weighted by molar-refractivity contribution is 0.414. The average Bonchev–Trinajstić information content (AvgIpc) is 3.25. The van der Waals surface area contributed by atoms with Crippen molar-refractivity contribution in [2.24, 2.45) is 0 Å². The van der Waals surface area contributed by atoms with E-state index in [1.165, 1.54) is 6.33 Å². The number of benzene rings is 1. The van der Waals surface area contributed by atoms with Crippen LogP contribution in [-0.2, 0) is 6.54 Å². The Balaban J connectivity index is 1.75. The molecule has 7 nitrogen and oxygen atoms in total. The van der Waals surface area contributed by atoms with Gasteiger partial charge in [0.25, 0.3) is 0 Å². The third-order valence-electron chi connectivity index (χ3n) is 3.52. The molecule has 3 heterocycles. The van der Waals surface area contributed by atoms with E-state index in [2.05, 4.69) is 20.3 Å². The SMILES string of the molecule is COc1cccc(Cn2nnc3c(-c4ccco4)ncnc32)c1. The molecule has 3 aromatic heterocycles. The van der Waals surface area contributed by atoms with Crippen LogP contribution in [0.1, 0.15) is 5.56 Å².